The minimum Gasteiger partial charge on any atom is -0.324 e. The zero-order valence-corrected chi connectivity index (χ0v) is 20.8. The number of nitrogens with one attached hydrogen (secondary N) is 2. The number of hydrogen-bond donors (Lipinski definition) is 2. The molecule has 2 aromatic carbocycles. The molecule has 0 aliphatic heterocycles. The molecule has 0 spiro atoms. The number of halogens is 5. The van der Waals surface area contributed by atoms with Crippen LogP contribution in [0.5, 0.6) is 0 Å². The molecule has 0 bridgehead atoms. The third-order valence-corrected chi connectivity index (χ3v) is 7.33. The van der Waals surface area contributed by atoms with E-state index in [1.54, 1.807) is 22.9 Å². The van der Waals surface area contributed by atoms with E-state index in [2.05, 4.69) is 10.4 Å². The number of alkyl halides is 3. The van der Waals surface area contributed by atoms with E-state index in [1.807, 2.05) is 0 Å². The normalized spacial score (nSPS) is 12.8. The molecular formula is C22H19Cl2F3N4O4S. The Morgan fingerprint density at radius 1 is 1.14 bits per heavy atom. The molecule has 0 aliphatic rings. The first-order chi connectivity index (χ1) is 16.8. The number of hydrogen-bond acceptors (Lipinski definition) is 5. The Morgan fingerprint density at radius 3 is 2.44 bits per heavy atom. The van der Waals surface area contributed by atoms with Crippen LogP contribution in [-0.4, -0.2) is 36.3 Å². The molecule has 2 N–H and O–H groups in total. The summed E-state index contributed by atoms with van der Waals surface area (Å²) in [5, 5.41) is 5.66. The molecule has 3 rings (SSSR count). The van der Waals surface area contributed by atoms with Gasteiger partial charge < -0.3 is 5.32 Å². The van der Waals surface area contributed by atoms with Crippen molar-refractivity contribution in [3.8, 4) is 0 Å². The number of benzene rings is 2. The third-order valence-electron chi connectivity index (χ3n) is 4.97. The number of sulfonamides is 1. The molecule has 3 aromatic rings. The lowest BCUT2D eigenvalue weighted by Gasteiger charge is -2.22. The average Bonchev–Trinajstić information content (AvgIpc) is 2.80. The van der Waals surface area contributed by atoms with E-state index in [9.17, 15) is 31.2 Å². The van der Waals surface area contributed by atoms with E-state index in [-0.39, 0.29) is 21.3 Å². The Hall–Kier alpha value is -2.93. The number of anilines is 1. The largest absolute Gasteiger partial charge is 0.405 e. The Balaban J connectivity index is 1.82. The van der Waals surface area contributed by atoms with Gasteiger partial charge in [-0.25, -0.2) is 13.1 Å². The van der Waals surface area contributed by atoms with Gasteiger partial charge in [0.2, 0.25) is 15.9 Å². The molecule has 36 heavy (non-hydrogen) atoms. The first-order valence-electron chi connectivity index (χ1n) is 10.2. The van der Waals surface area contributed by atoms with Gasteiger partial charge in [-0.3, -0.25) is 9.59 Å². The lowest BCUT2D eigenvalue weighted by atomic mass is 10.1. The van der Waals surface area contributed by atoms with E-state index >= 15 is 0 Å². The first-order valence-corrected chi connectivity index (χ1v) is 12.5. The van der Waals surface area contributed by atoms with Crippen LogP contribution < -0.4 is 15.6 Å². The maximum Gasteiger partial charge on any atom is 0.405 e. The van der Waals surface area contributed by atoms with Gasteiger partial charge in [0.05, 0.1) is 16.1 Å². The van der Waals surface area contributed by atoms with Crippen molar-refractivity contribution >= 4 is 44.8 Å². The van der Waals surface area contributed by atoms with Crippen LogP contribution in [0, 0.1) is 6.92 Å². The summed E-state index contributed by atoms with van der Waals surface area (Å²) in [6, 6.07) is 8.99. The van der Waals surface area contributed by atoms with Crippen LogP contribution >= 0.6 is 23.2 Å². The van der Waals surface area contributed by atoms with Crippen LogP contribution in [0.15, 0.2) is 64.4 Å². The van der Waals surface area contributed by atoms with Gasteiger partial charge in [-0.15, -0.1) is 0 Å². The Morgan fingerprint density at radius 2 is 1.81 bits per heavy atom. The summed E-state index contributed by atoms with van der Waals surface area (Å²) in [4.78, 5) is 24.0. The Kier molecular flexibility index (Phi) is 8.44. The number of aromatic nitrogens is 2. The maximum atomic E-state index is 13.7. The number of carbonyl (C=O) groups is 1. The van der Waals surface area contributed by atoms with E-state index in [4.69, 9.17) is 23.2 Å². The third kappa shape index (κ3) is 6.84. The second-order valence-electron chi connectivity index (χ2n) is 7.70. The summed E-state index contributed by atoms with van der Waals surface area (Å²) in [7, 11) is -4.65. The van der Waals surface area contributed by atoms with Crippen molar-refractivity contribution < 1.29 is 26.4 Å². The molecule has 1 aromatic heterocycles. The topological polar surface area (TPSA) is 110 Å². The predicted octanol–water partition coefficient (Wildman–Crippen LogP) is 3.95. The average molecular weight is 563 g/mol. The summed E-state index contributed by atoms with van der Waals surface area (Å²) in [5.74, 6) is -0.764. The van der Waals surface area contributed by atoms with Gasteiger partial charge in [0.25, 0.3) is 5.56 Å². The van der Waals surface area contributed by atoms with Crippen molar-refractivity contribution in [1.29, 1.82) is 0 Å². The van der Waals surface area contributed by atoms with Crippen molar-refractivity contribution in [2.24, 2.45) is 0 Å². The molecule has 0 radical (unpaired) electrons. The van der Waals surface area contributed by atoms with E-state index in [0.717, 1.165) is 16.9 Å². The van der Waals surface area contributed by atoms with Gasteiger partial charge in [-0.2, -0.15) is 23.0 Å². The molecule has 0 fully saturated rings. The highest BCUT2D eigenvalue weighted by Crippen LogP contribution is 2.27. The SMILES string of the molecule is Cc1ccc(NC(=O)Cn2ncc(Cl)c(Cl)c2=O)cc1S(=O)(=O)NC(Cc1ccccc1)C(F)(F)F. The van der Waals surface area contributed by atoms with E-state index < -0.39 is 51.6 Å². The molecule has 1 atom stereocenters. The van der Waals surface area contributed by atoms with Crippen LogP contribution in [0.2, 0.25) is 10.0 Å². The van der Waals surface area contributed by atoms with Gasteiger partial charge in [-0.05, 0) is 36.6 Å². The van der Waals surface area contributed by atoms with Gasteiger partial charge in [0.15, 0.2) is 0 Å². The van der Waals surface area contributed by atoms with Crippen LogP contribution in [0.3, 0.4) is 0 Å². The van der Waals surface area contributed by atoms with Crippen LogP contribution in [0.25, 0.3) is 0 Å². The molecule has 0 saturated heterocycles. The van der Waals surface area contributed by atoms with E-state index in [1.165, 1.54) is 31.2 Å². The maximum absolute atomic E-state index is 13.7. The van der Waals surface area contributed by atoms with Gasteiger partial charge in [0.1, 0.15) is 17.6 Å². The number of rotatable bonds is 8. The molecule has 0 saturated carbocycles. The zero-order valence-electron chi connectivity index (χ0n) is 18.5. The molecule has 8 nitrogen and oxygen atoms in total. The quantitative estimate of drug-likeness (QED) is 0.432. The predicted molar refractivity (Wildman–Crippen MR) is 129 cm³/mol. The second kappa shape index (κ2) is 11.0. The zero-order chi connectivity index (χ0) is 26.7. The molecule has 1 unspecified atom stereocenters. The fourth-order valence-corrected chi connectivity index (χ4v) is 4.95. The Labute approximate surface area is 214 Å². The molecule has 1 amide bonds. The van der Waals surface area contributed by atoms with E-state index in [0.29, 0.717) is 5.56 Å². The number of amides is 1. The second-order valence-corrected chi connectivity index (χ2v) is 10.2. The Bertz CT molecular complexity index is 1430. The fourth-order valence-electron chi connectivity index (χ4n) is 3.19. The molecular weight excluding hydrogens is 544 g/mol. The standard InChI is InChI=1S/C22H19Cl2F3N4O4S/c1-13-7-8-15(29-19(32)12-31-21(33)20(24)16(23)11-28-31)10-17(13)36(34,35)30-18(22(25,26)27)9-14-5-3-2-4-6-14/h2-8,10-11,18,30H,9,12H2,1H3,(H,29,32). The fraction of sp³-hybridized carbons (Fsp3) is 0.227. The van der Waals surface area contributed by atoms with Gasteiger partial charge in [0, 0.05) is 5.69 Å². The highest BCUT2D eigenvalue weighted by molar-refractivity contribution is 7.89. The van der Waals surface area contributed by atoms with Crippen molar-refractivity contribution in [3.63, 3.8) is 0 Å². The molecule has 14 heteroatoms. The summed E-state index contributed by atoms with van der Waals surface area (Å²) in [6.07, 6.45) is -4.39. The molecule has 1 heterocycles. The monoisotopic (exact) mass is 562 g/mol. The summed E-state index contributed by atoms with van der Waals surface area (Å²) in [5.41, 5.74) is -0.382. The highest BCUT2D eigenvalue weighted by atomic mass is 35.5. The number of aryl methyl sites for hydroxylation is 1. The van der Waals surface area contributed by atoms with Crippen molar-refractivity contribution in [1.82, 2.24) is 14.5 Å². The van der Waals surface area contributed by atoms with Crippen LogP contribution in [0.4, 0.5) is 18.9 Å². The molecule has 192 valence electrons. The van der Waals surface area contributed by atoms with Gasteiger partial charge in [-0.1, -0.05) is 59.6 Å². The minimum atomic E-state index is -4.86. The smallest absolute Gasteiger partial charge is 0.324 e. The first kappa shape index (κ1) is 27.7. The minimum absolute atomic E-state index is 0.0225. The summed E-state index contributed by atoms with van der Waals surface area (Å²) in [6.45, 7) is 0.830. The summed E-state index contributed by atoms with van der Waals surface area (Å²) < 4.78 is 69.3. The van der Waals surface area contributed by atoms with Crippen molar-refractivity contribution in [2.45, 2.75) is 37.0 Å². The van der Waals surface area contributed by atoms with Crippen molar-refractivity contribution in [3.05, 3.63) is 86.3 Å². The van der Waals surface area contributed by atoms with Crippen LogP contribution in [0.1, 0.15) is 11.1 Å². The van der Waals surface area contributed by atoms with Gasteiger partial charge >= 0.3 is 6.18 Å². The van der Waals surface area contributed by atoms with Crippen molar-refractivity contribution in [2.75, 3.05) is 5.32 Å². The lowest BCUT2D eigenvalue weighted by Crippen LogP contribution is -2.46. The lowest BCUT2D eigenvalue weighted by molar-refractivity contribution is -0.151. The summed E-state index contributed by atoms with van der Waals surface area (Å²) >= 11 is 11.4. The number of nitrogens with zero attached hydrogens (tertiary/aromatic N) is 2. The number of carbonyl (C=O) groups excluding carboxylic acids is 1. The molecule has 0 aliphatic carbocycles. The van der Waals surface area contributed by atoms with Crippen LogP contribution in [-0.2, 0) is 27.8 Å². The highest BCUT2D eigenvalue weighted by Gasteiger charge is 2.42.